The zero-order valence-electron chi connectivity index (χ0n) is 24.0. The second kappa shape index (κ2) is 12.0. The molecule has 6 heteroatoms. The fraction of sp³-hybridized carbons (Fsp3) is 0.353. The average Bonchev–Trinajstić information content (AvgIpc) is 2.91. The van der Waals surface area contributed by atoms with E-state index in [1.54, 1.807) is 24.3 Å². The Morgan fingerprint density at radius 1 is 0.825 bits per heavy atom. The largest absolute Gasteiger partial charge is 0.507 e. The van der Waals surface area contributed by atoms with Crippen LogP contribution in [0.1, 0.15) is 103 Å². The zero-order valence-corrected chi connectivity index (χ0v) is 24.0. The summed E-state index contributed by atoms with van der Waals surface area (Å²) in [6.45, 7) is 10.0. The Hall–Kier alpha value is -4.06. The van der Waals surface area contributed by atoms with E-state index in [-0.39, 0.29) is 22.6 Å². The van der Waals surface area contributed by atoms with Gasteiger partial charge in [-0.2, -0.15) is 0 Å². The molecule has 2 heterocycles. The molecule has 0 aromatic heterocycles. The van der Waals surface area contributed by atoms with E-state index >= 15 is 0 Å². The molecule has 210 valence electrons. The lowest BCUT2D eigenvalue weighted by Crippen LogP contribution is -2.45. The van der Waals surface area contributed by atoms with Crippen molar-refractivity contribution in [3.05, 3.63) is 80.5 Å². The maximum Gasteiger partial charge on any atom is 0.294 e. The highest BCUT2D eigenvalue weighted by molar-refractivity contribution is 5.91. The number of hydrogen-bond donors (Lipinski definition) is 2. The molecule has 0 amide bonds. The van der Waals surface area contributed by atoms with Crippen molar-refractivity contribution in [3.63, 3.8) is 0 Å². The van der Waals surface area contributed by atoms with Gasteiger partial charge in [0, 0.05) is 33.9 Å². The molecule has 0 fully saturated rings. The van der Waals surface area contributed by atoms with Gasteiger partial charge in [-0.25, -0.2) is 0 Å². The molecule has 0 bridgehead atoms. The lowest BCUT2D eigenvalue weighted by Gasteiger charge is -2.40. The van der Waals surface area contributed by atoms with Gasteiger partial charge in [0.1, 0.15) is 23.0 Å². The van der Waals surface area contributed by atoms with Crippen LogP contribution in [-0.4, -0.2) is 28.6 Å². The average molecular weight is 543 g/mol. The van der Waals surface area contributed by atoms with Crippen molar-refractivity contribution in [2.45, 2.75) is 78.9 Å². The quantitative estimate of drug-likeness (QED) is 0.180. The Labute approximate surface area is 236 Å². The molecule has 1 atom stereocenters. The van der Waals surface area contributed by atoms with Crippen molar-refractivity contribution in [2.24, 2.45) is 0 Å². The number of carbonyl (C=O) groups is 2. The number of allylic oxidation sites excluding steroid dienone is 4. The summed E-state index contributed by atoms with van der Waals surface area (Å²) in [5.41, 5.74) is 5.53. The highest BCUT2D eigenvalue weighted by Crippen LogP contribution is 2.48. The third kappa shape index (κ3) is 5.62. The predicted octanol–water partition coefficient (Wildman–Crippen LogP) is 7.90. The number of carbonyl (C=O) groups excluding carboxylic acids is 2. The van der Waals surface area contributed by atoms with Crippen LogP contribution in [0.3, 0.4) is 0 Å². The molecule has 2 N–H and O–H groups in total. The van der Waals surface area contributed by atoms with Gasteiger partial charge in [0.2, 0.25) is 0 Å². The van der Waals surface area contributed by atoms with Gasteiger partial charge >= 0.3 is 0 Å². The summed E-state index contributed by atoms with van der Waals surface area (Å²) in [6.07, 6.45) is 15.2. The molecule has 4 rings (SSSR count). The molecule has 1 spiro atoms. The summed E-state index contributed by atoms with van der Waals surface area (Å²) in [5, 5.41) is 21.8. The Morgan fingerprint density at radius 3 is 1.85 bits per heavy atom. The van der Waals surface area contributed by atoms with Gasteiger partial charge in [0.05, 0.1) is 11.1 Å². The summed E-state index contributed by atoms with van der Waals surface area (Å²) < 4.78 is 13.2. The molecule has 2 aliphatic rings. The van der Waals surface area contributed by atoms with Crippen LogP contribution in [0.4, 0.5) is 0 Å². The molecule has 0 unspecified atom stereocenters. The van der Waals surface area contributed by atoms with Gasteiger partial charge in [-0.3, -0.25) is 9.59 Å². The molecule has 2 aromatic carbocycles. The molecule has 2 aliphatic heterocycles. The number of fused-ring (bicyclic) bond motifs is 2. The van der Waals surface area contributed by atoms with Crippen molar-refractivity contribution in [3.8, 4) is 23.0 Å². The molecule has 6 nitrogen and oxygen atoms in total. The smallest absolute Gasteiger partial charge is 0.294 e. The van der Waals surface area contributed by atoms with Crippen LogP contribution in [-0.2, 0) is 12.8 Å². The SMILES string of the molecule is CCCCCC1=Cc2c(cc(CC=C(C)C)c(O)c2C=O)O[C@]12C=Cc1c(cc(CC=C(C)C)c(O)c1C=O)O2. The monoisotopic (exact) mass is 542 g/mol. The van der Waals surface area contributed by atoms with Crippen molar-refractivity contribution in [2.75, 3.05) is 0 Å². The summed E-state index contributed by atoms with van der Waals surface area (Å²) in [4.78, 5) is 24.2. The second-order valence-corrected chi connectivity index (χ2v) is 11.0. The van der Waals surface area contributed by atoms with Crippen LogP contribution in [0, 0.1) is 0 Å². The Kier molecular flexibility index (Phi) is 8.67. The number of aromatic hydroxyl groups is 2. The zero-order chi connectivity index (χ0) is 29.0. The van der Waals surface area contributed by atoms with Crippen molar-refractivity contribution in [1.82, 2.24) is 0 Å². The van der Waals surface area contributed by atoms with Crippen molar-refractivity contribution < 1.29 is 29.3 Å². The fourth-order valence-electron chi connectivity index (χ4n) is 5.08. The number of ether oxygens (including phenoxy) is 2. The molecular formula is C34H38O6. The molecule has 0 radical (unpaired) electrons. The Morgan fingerprint density at radius 2 is 1.35 bits per heavy atom. The standard InChI is InChI=1S/C34H38O6/c1-6-7-8-9-25-18-27-29(20-36)33(38)24(13-11-22(4)5)17-31(27)40-34(25)15-14-26-28(19-35)32(37)23(12-10-21(2)3)16-30(26)39-34/h10-11,14-20,37-38H,6-9,12-13H2,1-5H3/t34-/m1/s1. The normalized spacial score (nSPS) is 16.7. The molecular weight excluding hydrogens is 504 g/mol. The minimum Gasteiger partial charge on any atom is -0.507 e. The summed E-state index contributed by atoms with van der Waals surface area (Å²) in [6, 6.07) is 3.53. The number of rotatable bonds is 10. The third-order valence-corrected chi connectivity index (χ3v) is 7.35. The minimum absolute atomic E-state index is 0.0459. The Balaban J connectivity index is 1.87. The van der Waals surface area contributed by atoms with Crippen LogP contribution in [0.25, 0.3) is 12.2 Å². The Bertz CT molecular complexity index is 1440. The topological polar surface area (TPSA) is 93.1 Å². The van der Waals surface area contributed by atoms with Crippen molar-refractivity contribution in [1.29, 1.82) is 0 Å². The minimum atomic E-state index is -1.30. The summed E-state index contributed by atoms with van der Waals surface area (Å²) in [7, 11) is 0. The number of aldehydes is 2. The predicted molar refractivity (Wildman–Crippen MR) is 158 cm³/mol. The van der Waals surface area contributed by atoms with E-state index in [9.17, 15) is 19.8 Å². The first-order chi connectivity index (χ1) is 19.1. The molecule has 0 saturated carbocycles. The number of unbranched alkanes of at least 4 members (excludes halogenated alkanes) is 2. The highest BCUT2D eigenvalue weighted by atomic mass is 16.7. The van der Waals surface area contributed by atoms with E-state index in [4.69, 9.17) is 9.47 Å². The maximum absolute atomic E-state index is 12.2. The molecule has 40 heavy (non-hydrogen) atoms. The molecule has 2 aromatic rings. The lowest BCUT2D eigenvalue weighted by molar-refractivity contribution is -0.0441. The van der Waals surface area contributed by atoms with Gasteiger partial charge < -0.3 is 19.7 Å². The number of phenols is 2. The van der Waals surface area contributed by atoms with E-state index in [2.05, 4.69) is 6.92 Å². The van der Waals surface area contributed by atoms with E-state index in [0.717, 1.165) is 36.0 Å². The van der Waals surface area contributed by atoms with E-state index in [1.165, 1.54) is 0 Å². The maximum atomic E-state index is 12.2. The van der Waals surface area contributed by atoms with Crippen LogP contribution in [0.15, 0.2) is 47.1 Å². The van der Waals surface area contributed by atoms with Crippen LogP contribution in [0.5, 0.6) is 23.0 Å². The summed E-state index contributed by atoms with van der Waals surface area (Å²) in [5.74, 6) is -0.537. The van der Waals surface area contributed by atoms with E-state index < -0.39 is 5.79 Å². The van der Waals surface area contributed by atoms with Crippen molar-refractivity contribution >= 4 is 24.7 Å². The van der Waals surface area contributed by atoms with Crippen LogP contribution < -0.4 is 9.47 Å². The number of phenolic OH excluding ortho intramolecular Hbond substituents is 2. The number of hydrogen-bond acceptors (Lipinski definition) is 6. The van der Waals surface area contributed by atoms with Gasteiger partial charge in [0.15, 0.2) is 12.6 Å². The highest BCUT2D eigenvalue weighted by Gasteiger charge is 2.43. The first-order valence-corrected chi connectivity index (χ1v) is 13.9. The van der Waals surface area contributed by atoms with Crippen LogP contribution in [0.2, 0.25) is 0 Å². The van der Waals surface area contributed by atoms with Gasteiger partial charge in [0.25, 0.3) is 5.79 Å². The molecule has 0 saturated heterocycles. The van der Waals surface area contributed by atoms with Crippen LogP contribution >= 0.6 is 0 Å². The lowest BCUT2D eigenvalue weighted by atomic mass is 9.88. The van der Waals surface area contributed by atoms with Gasteiger partial charge in [-0.15, -0.1) is 0 Å². The van der Waals surface area contributed by atoms with Gasteiger partial charge in [-0.1, -0.05) is 43.1 Å². The third-order valence-electron chi connectivity index (χ3n) is 7.35. The first kappa shape index (κ1) is 28.9. The first-order valence-electron chi connectivity index (χ1n) is 13.9. The van der Waals surface area contributed by atoms with Gasteiger partial charge in [-0.05, 0) is 77.7 Å². The number of benzene rings is 2. The molecule has 0 aliphatic carbocycles. The second-order valence-electron chi connectivity index (χ2n) is 11.0. The summed E-state index contributed by atoms with van der Waals surface area (Å²) >= 11 is 0. The van der Waals surface area contributed by atoms with E-state index in [1.807, 2.05) is 45.9 Å². The van der Waals surface area contributed by atoms with E-state index in [0.29, 0.717) is 65.6 Å². The fourth-order valence-corrected chi connectivity index (χ4v) is 5.08.